The van der Waals surface area contributed by atoms with Gasteiger partial charge in [-0.3, -0.25) is 9.78 Å². The van der Waals surface area contributed by atoms with Gasteiger partial charge in [-0.05, 0) is 66.6 Å². The molecule has 4 aromatic rings. The predicted octanol–water partition coefficient (Wildman–Crippen LogP) is 11.3. The van der Waals surface area contributed by atoms with E-state index in [-0.39, 0.29) is 48.9 Å². The maximum absolute atomic E-state index is 11.7. The Kier molecular flexibility index (Phi) is 12.8. The van der Waals surface area contributed by atoms with Crippen LogP contribution in [0, 0.1) is 30.2 Å². The third-order valence-electron chi connectivity index (χ3n) is 9.24. The van der Waals surface area contributed by atoms with Gasteiger partial charge in [0.1, 0.15) is 5.75 Å². The van der Waals surface area contributed by atoms with Gasteiger partial charge in [-0.25, -0.2) is 0 Å². The van der Waals surface area contributed by atoms with Gasteiger partial charge in [0.15, 0.2) is 5.78 Å². The van der Waals surface area contributed by atoms with Crippen LogP contribution in [0.25, 0.3) is 32.8 Å². The number of ether oxygens (including phenoxy) is 1. The number of aromatic nitrogens is 1. The fourth-order valence-electron chi connectivity index (χ4n) is 6.58. The van der Waals surface area contributed by atoms with Gasteiger partial charge in [-0.15, -0.1) is 17.5 Å². The molecule has 2 heterocycles. The van der Waals surface area contributed by atoms with E-state index in [1.807, 2.05) is 27.7 Å². The summed E-state index contributed by atoms with van der Waals surface area (Å²) in [5.74, 6) is 2.39. The molecular weight excluding hydrogens is 775 g/mol. The van der Waals surface area contributed by atoms with Crippen LogP contribution in [0.1, 0.15) is 85.3 Å². The molecule has 47 heavy (non-hydrogen) atoms. The zero-order chi connectivity index (χ0) is 34.0. The molecule has 1 aromatic heterocycles. The van der Waals surface area contributed by atoms with Crippen molar-refractivity contribution >= 4 is 40.6 Å². The number of carbonyl (C=O) groups excluding carboxylic acids is 1. The quantitative estimate of drug-likeness (QED) is 0.0696. The van der Waals surface area contributed by atoms with Gasteiger partial charge in [0, 0.05) is 55.3 Å². The molecule has 255 valence electrons. The molecular formula is C41H54IrNO3Si-. The number of nitrogens with zero attached hydrogens (tertiary/aromatic N) is 1. The minimum Gasteiger partial charge on any atom is -0.512 e. The maximum atomic E-state index is 11.7. The molecule has 1 N–H and O–H groups in total. The van der Waals surface area contributed by atoms with Crippen molar-refractivity contribution in [1.82, 2.24) is 4.98 Å². The molecule has 1 aliphatic rings. The Labute approximate surface area is 297 Å². The number of carbonyl (C=O) groups is 1. The molecule has 0 aliphatic carbocycles. The smallest absolute Gasteiger partial charge is 0.162 e. The Morgan fingerprint density at radius 2 is 1.60 bits per heavy atom. The summed E-state index contributed by atoms with van der Waals surface area (Å²) in [4.78, 5) is 16.7. The summed E-state index contributed by atoms with van der Waals surface area (Å²) >= 11 is 0. The monoisotopic (exact) mass is 829 g/mol. The van der Waals surface area contributed by atoms with Crippen LogP contribution in [0.2, 0.25) is 19.6 Å². The maximum Gasteiger partial charge on any atom is 0.162 e. The van der Waals surface area contributed by atoms with Gasteiger partial charge < -0.3 is 9.84 Å². The molecule has 1 aliphatic heterocycles. The van der Waals surface area contributed by atoms with Gasteiger partial charge in [-0.1, -0.05) is 109 Å². The molecule has 6 heteroatoms. The fraction of sp³-hybridized carbons (Fsp3) is 0.463. The standard InChI is InChI=1S/C28H30NOSi.C13H24O2.Ir/c1-17-20-11-9-8-10-19(20)14-22-26-25-21(24(16-29-26)31(5,6)7)12-18(15-28(2,3)4)13-23(25)30-27(17)22;1-5-10(6-2)12(14)9-13(15)11(7-3)8-4;/h8-13,16H,15H2,1-7H3;9-11,14H,5-8H2,1-4H3;/q-1;;/b;12-9-;. The molecule has 0 fully saturated rings. The number of benzene rings is 3. The van der Waals surface area contributed by atoms with E-state index in [2.05, 4.69) is 96.0 Å². The summed E-state index contributed by atoms with van der Waals surface area (Å²) in [5, 5.41) is 15.9. The summed E-state index contributed by atoms with van der Waals surface area (Å²) in [5.41, 5.74) is 4.68. The van der Waals surface area contributed by atoms with Crippen molar-refractivity contribution < 1.29 is 34.7 Å². The Balaban J connectivity index is 0.000000322. The summed E-state index contributed by atoms with van der Waals surface area (Å²) in [6.07, 6.45) is 8.04. The Morgan fingerprint density at radius 3 is 2.17 bits per heavy atom. The van der Waals surface area contributed by atoms with Crippen LogP contribution in [-0.4, -0.2) is 23.9 Å². The molecule has 0 spiro atoms. The number of rotatable bonds is 9. The first kappa shape index (κ1) is 38.7. The fourth-order valence-corrected chi connectivity index (χ4v) is 8.04. The van der Waals surface area contributed by atoms with Crippen molar-refractivity contribution in [2.45, 2.75) is 107 Å². The number of aliphatic hydroxyl groups excluding tert-OH is 1. The van der Waals surface area contributed by atoms with Gasteiger partial charge in [0.25, 0.3) is 0 Å². The largest absolute Gasteiger partial charge is 0.512 e. The second kappa shape index (κ2) is 15.6. The molecule has 0 atom stereocenters. The summed E-state index contributed by atoms with van der Waals surface area (Å²) < 4.78 is 6.66. The summed E-state index contributed by atoms with van der Waals surface area (Å²) in [7, 11) is -1.59. The Hall–Kier alpha value is -2.79. The van der Waals surface area contributed by atoms with E-state index in [0.29, 0.717) is 0 Å². The van der Waals surface area contributed by atoms with Crippen molar-refractivity contribution in [2.24, 2.45) is 17.3 Å². The van der Waals surface area contributed by atoms with Crippen molar-refractivity contribution in [3.8, 4) is 22.8 Å². The second-order valence-electron chi connectivity index (χ2n) is 15.1. The summed E-state index contributed by atoms with van der Waals surface area (Å²) in [6, 6.07) is 16.7. The number of aliphatic hydroxyl groups is 1. The number of ketones is 1. The van der Waals surface area contributed by atoms with Crippen LogP contribution in [0.4, 0.5) is 0 Å². The molecule has 0 bridgehead atoms. The van der Waals surface area contributed by atoms with E-state index in [1.54, 1.807) is 0 Å². The summed E-state index contributed by atoms with van der Waals surface area (Å²) in [6.45, 7) is 24.3. The molecule has 0 saturated heterocycles. The molecule has 0 unspecified atom stereocenters. The van der Waals surface area contributed by atoms with E-state index in [0.717, 1.165) is 71.2 Å². The number of fused-ring (bicyclic) bond motifs is 3. The van der Waals surface area contributed by atoms with Crippen LogP contribution in [0.3, 0.4) is 0 Å². The predicted molar refractivity (Wildman–Crippen MR) is 198 cm³/mol. The van der Waals surface area contributed by atoms with Crippen molar-refractivity contribution in [3.63, 3.8) is 0 Å². The Bertz CT molecular complexity index is 1760. The van der Waals surface area contributed by atoms with Crippen LogP contribution in [0.15, 0.2) is 54.4 Å². The number of hydrogen-bond acceptors (Lipinski definition) is 4. The molecule has 5 rings (SSSR count). The average Bonchev–Trinajstić information content (AvgIpc) is 2.98. The SMILES string of the molecule is CCC(CC)C(=O)/C=C(\O)C(CC)CC.Cc1c2c([c-]c3ccccc13)-c1ncc([Si](C)(C)C)c3cc(CC(C)(C)C)cc(c13)O2.[Ir]. The zero-order valence-corrected chi connectivity index (χ0v) is 33.7. The molecule has 0 amide bonds. The number of hydrogen-bond donors (Lipinski definition) is 1. The molecule has 3 aromatic carbocycles. The normalized spacial score (nSPS) is 12.8. The van der Waals surface area contributed by atoms with E-state index >= 15 is 0 Å². The second-order valence-corrected chi connectivity index (χ2v) is 20.2. The molecule has 1 radical (unpaired) electrons. The number of aryl methyl sites for hydroxylation is 1. The van der Waals surface area contributed by atoms with Crippen LogP contribution < -0.4 is 9.92 Å². The van der Waals surface area contributed by atoms with Crippen molar-refractivity contribution in [1.29, 1.82) is 0 Å². The third-order valence-corrected chi connectivity index (χ3v) is 11.3. The topological polar surface area (TPSA) is 59.4 Å². The molecule has 4 nitrogen and oxygen atoms in total. The van der Waals surface area contributed by atoms with E-state index in [1.165, 1.54) is 27.6 Å². The third kappa shape index (κ3) is 8.63. The van der Waals surface area contributed by atoms with Gasteiger partial charge in [0.05, 0.1) is 19.6 Å². The number of allylic oxidation sites excluding steroid dienone is 2. The zero-order valence-electron chi connectivity index (χ0n) is 30.4. The molecule has 0 saturated carbocycles. The minimum absolute atomic E-state index is 0. The average molecular weight is 829 g/mol. The van der Waals surface area contributed by atoms with Crippen LogP contribution in [-0.2, 0) is 31.3 Å². The van der Waals surface area contributed by atoms with Gasteiger partial charge in [0.2, 0.25) is 0 Å². The minimum atomic E-state index is -1.59. The van der Waals surface area contributed by atoms with Crippen molar-refractivity contribution in [2.75, 3.05) is 0 Å². The number of pyridine rings is 1. The van der Waals surface area contributed by atoms with E-state index in [4.69, 9.17) is 9.72 Å². The first-order chi connectivity index (χ1) is 21.6. The van der Waals surface area contributed by atoms with Gasteiger partial charge in [-0.2, -0.15) is 0 Å². The van der Waals surface area contributed by atoms with Crippen LogP contribution in [0.5, 0.6) is 11.5 Å². The first-order valence-corrected chi connectivity index (χ1v) is 20.7. The van der Waals surface area contributed by atoms with E-state index in [9.17, 15) is 9.90 Å². The van der Waals surface area contributed by atoms with Crippen LogP contribution >= 0.6 is 0 Å². The van der Waals surface area contributed by atoms with Gasteiger partial charge >= 0.3 is 0 Å². The van der Waals surface area contributed by atoms with E-state index < -0.39 is 8.07 Å². The first-order valence-electron chi connectivity index (χ1n) is 17.2. The Morgan fingerprint density at radius 1 is 0.979 bits per heavy atom. The van der Waals surface area contributed by atoms with Crippen molar-refractivity contribution in [3.05, 3.63) is 71.6 Å².